The Balaban J connectivity index is 1.49. The highest BCUT2D eigenvalue weighted by Gasteiger charge is 2.18. The fraction of sp³-hybridized carbons (Fsp3) is 0.143. The molecule has 190 valence electrons. The molecule has 4 rings (SSSR count). The number of nitrogens with zero attached hydrogens (tertiary/aromatic N) is 2. The van der Waals surface area contributed by atoms with Crippen molar-refractivity contribution in [3.63, 3.8) is 0 Å². The van der Waals surface area contributed by atoms with Gasteiger partial charge in [-0.05, 0) is 71.9 Å². The maximum absolute atomic E-state index is 13.5. The van der Waals surface area contributed by atoms with Crippen LogP contribution in [-0.4, -0.2) is 24.1 Å². The van der Waals surface area contributed by atoms with Gasteiger partial charge in [-0.3, -0.25) is 9.48 Å². The minimum Gasteiger partial charge on any atom is -0.269 e. The van der Waals surface area contributed by atoms with Gasteiger partial charge in [-0.2, -0.15) is 5.10 Å². The van der Waals surface area contributed by atoms with Crippen molar-refractivity contribution >= 4 is 22.0 Å². The third kappa shape index (κ3) is 7.20. The Morgan fingerprint density at radius 3 is 2.46 bits per heavy atom. The fourth-order valence-electron chi connectivity index (χ4n) is 3.88. The Hall–Kier alpha value is -4.11. The molecule has 0 aliphatic heterocycles. The van der Waals surface area contributed by atoms with Crippen LogP contribution < -0.4 is 4.72 Å². The van der Waals surface area contributed by atoms with Crippen LogP contribution in [0.5, 0.6) is 0 Å². The summed E-state index contributed by atoms with van der Waals surface area (Å²) in [5.41, 5.74) is 4.06. The summed E-state index contributed by atoms with van der Waals surface area (Å²) in [6, 6.07) is 20.0. The zero-order chi connectivity index (χ0) is 26.3. The highest BCUT2D eigenvalue weighted by molar-refractivity contribution is 7.90. The van der Waals surface area contributed by atoms with Crippen molar-refractivity contribution in [3.05, 3.63) is 125 Å². The molecule has 0 radical (unpaired) electrons. The standard InChI is InChI=1S/C28H25F2N3O3S/c29-26-14-13-25(19-27(26)30)37(35,36)32-28(34)15-12-23-11-10-22(20-33-17-5-16-31-33)18-24(23)9-4-8-21-6-2-1-3-7-21/h1-3,5-7,10-19H,4,8-9,20H2,(H,32,34). The Morgan fingerprint density at radius 2 is 1.73 bits per heavy atom. The number of rotatable bonds is 10. The summed E-state index contributed by atoms with van der Waals surface area (Å²) < 4.78 is 55.1. The van der Waals surface area contributed by atoms with Crippen molar-refractivity contribution in [2.24, 2.45) is 0 Å². The third-order valence-corrected chi connectivity index (χ3v) is 7.06. The summed E-state index contributed by atoms with van der Waals surface area (Å²) in [6.07, 6.45) is 8.77. The molecule has 37 heavy (non-hydrogen) atoms. The predicted octanol–water partition coefficient (Wildman–Crippen LogP) is 4.90. The average molecular weight is 522 g/mol. The van der Waals surface area contributed by atoms with E-state index in [4.69, 9.17) is 0 Å². The molecule has 3 aromatic carbocycles. The van der Waals surface area contributed by atoms with Crippen molar-refractivity contribution in [1.82, 2.24) is 14.5 Å². The largest absolute Gasteiger partial charge is 0.269 e. The lowest BCUT2D eigenvalue weighted by Crippen LogP contribution is -2.29. The van der Waals surface area contributed by atoms with E-state index in [1.807, 2.05) is 52.0 Å². The molecule has 0 fully saturated rings. The number of nitrogens with one attached hydrogen (secondary N) is 1. The molecule has 9 heteroatoms. The van der Waals surface area contributed by atoms with Crippen molar-refractivity contribution in [2.75, 3.05) is 0 Å². The summed E-state index contributed by atoms with van der Waals surface area (Å²) >= 11 is 0. The Labute approximate surface area is 214 Å². The lowest BCUT2D eigenvalue weighted by atomic mass is 9.97. The number of carbonyl (C=O) groups is 1. The first-order valence-corrected chi connectivity index (χ1v) is 13.1. The molecular formula is C28H25F2N3O3S. The zero-order valence-corrected chi connectivity index (χ0v) is 20.7. The van der Waals surface area contributed by atoms with Crippen LogP contribution in [0.4, 0.5) is 8.78 Å². The maximum atomic E-state index is 13.5. The van der Waals surface area contributed by atoms with Crippen LogP contribution >= 0.6 is 0 Å². The summed E-state index contributed by atoms with van der Waals surface area (Å²) in [4.78, 5) is 11.8. The average Bonchev–Trinajstić information content (AvgIpc) is 3.38. The van der Waals surface area contributed by atoms with Gasteiger partial charge in [0.2, 0.25) is 0 Å². The number of benzene rings is 3. The number of sulfonamides is 1. The second-order valence-electron chi connectivity index (χ2n) is 8.45. The highest BCUT2D eigenvalue weighted by atomic mass is 32.2. The van der Waals surface area contributed by atoms with Crippen LogP contribution in [0.1, 0.15) is 28.7 Å². The van der Waals surface area contributed by atoms with Gasteiger partial charge in [0.25, 0.3) is 15.9 Å². The normalized spacial score (nSPS) is 11.6. The van der Waals surface area contributed by atoms with Crippen molar-refractivity contribution in [1.29, 1.82) is 0 Å². The monoisotopic (exact) mass is 521 g/mol. The second kappa shape index (κ2) is 11.7. The number of carbonyl (C=O) groups excluding carboxylic acids is 1. The molecule has 0 bridgehead atoms. The summed E-state index contributed by atoms with van der Waals surface area (Å²) in [7, 11) is -4.36. The molecule has 0 saturated carbocycles. The van der Waals surface area contributed by atoms with Crippen molar-refractivity contribution in [2.45, 2.75) is 30.7 Å². The topological polar surface area (TPSA) is 81.1 Å². The molecule has 0 atom stereocenters. The van der Waals surface area contributed by atoms with E-state index in [9.17, 15) is 22.0 Å². The second-order valence-corrected chi connectivity index (χ2v) is 10.1. The molecule has 1 heterocycles. The lowest BCUT2D eigenvalue weighted by Gasteiger charge is -2.11. The van der Waals surface area contributed by atoms with E-state index >= 15 is 0 Å². The van der Waals surface area contributed by atoms with E-state index in [1.165, 1.54) is 5.56 Å². The van der Waals surface area contributed by atoms with Gasteiger partial charge in [0, 0.05) is 18.5 Å². The van der Waals surface area contributed by atoms with Crippen LogP contribution in [0.25, 0.3) is 6.08 Å². The summed E-state index contributed by atoms with van der Waals surface area (Å²) in [6.45, 7) is 0.593. The van der Waals surface area contributed by atoms with E-state index in [1.54, 1.807) is 12.3 Å². The Bertz CT molecular complexity index is 1500. The number of aromatic nitrogens is 2. The molecule has 4 aromatic rings. The van der Waals surface area contributed by atoms with E-state index in [-0.39, 0.29) is 0 Å². The van der Waals surface area contributed by atoms with E-state index in [0.29, 0.717) is 18.7 Å². The molecule has 0 aliphatic rings. The molecule has 0 spiro atoms. The lowest BCUT2D eigenvalue weighted by molar-refractivity contribution is -0.114. The maximum Gasteiger partial charge on any atom is 0.264 e. The SMILES string of the molecule is O=C(C=Cc1ccc(Cn2cccn2)cc1CCCc1ccccc1)NS(=O)(=O)c1ccc(F)c(F)c1. The molecule has 1 aromatic heterocycles. The Kier molecular flexibility index (Phi) is 8.25. The number of amides is 1. The minimum atomic E-state index is -4.36. The first kappa shape index (κ1) is 26.0. The van der Waals surface area contributed by atoms with Gasteiger partial charge in [0.1, 0.15) is 0 Å². The molecule has 0 unspecified atom stereocenters. The van der Waals surface area contributed by atoms with Gasteiger partial charge < -0.3 is 0 Å². The zero-order valence-electron chi connectivity index (χ0n) is 19.8. The minimum absolute atomic E-state index is 0.526. The van der Waals surface area contributed by atoms with Crippen molar-refractivity contribution < 1.29 is 22.0 Å². The number of hydrogen-bond donors (Lipinski definition) is 1. The van der Waals surface area contributed by atoms with Crippen LogP contribution in [0.2, 0.25) is 0 Å². The summed E-state index contributed by atoms with van der Waals surface area (Å²) in [5, 5.41) is 4.24. The first-order chi connectivity index (χ1) is 17.8. The molecule has 1 amide bonds. The van der Waals surface area contributed by atoms with Crippen LogP contribution in [-0.2, 0) is 34.2 Å². The van der Waals surface area contributed by atoms with Crippen LogP contribution in [0.15, 0.2) is 96.2 Å². The third-order valence-electron chi connectivity index (χ3n) is 5.72. The van der Waals surface area contributed by atoms with Gasteiger partial charge in [0.05, 0.1) is 11.4 Å². The van der Waals surface area contributed by atoms with Crippen molar-refractivity contribution in [3.8, 4) is 0 Å². The molecule has 6 nitrogen and oxygen atoms in total. The molecular weight excluding hydrogens is 496 g/mol. The smallest absolute Gasteiger partial charge is 0.264 e. The van der Waals surface area contributed by atoms with E-state index in [2.05, 4.69) is 23.3 Å². The van der Waals surface area contributed by atoms with Crippen LogP contribution in [0, 0.1) is 11.6 Å². The van der Waals surface area contributed by atoms with E-state index < -0.39 is 32.5 Å². The highest BCUT2D eigenvalue weighted by Crippen LogP contribution is 2.19. The van der Waals surface area contributed by atoms with Gasteiger partial charge in [-0.25, -0.2) is 21.9 Å². The number of hydrogen-bond acceptors (Lipinski definition) is 4. The van der Waals surface area contributed by atoms with Gasteiger partial charge in [-0.1, -0.05) is 48.5 Å². The summed E-state index contributed by atoms with van der Waals surface area (Å²) in [5.74, 6) is -3.40. The fourth-order valence-corrected chi connectivity index (χ4v) is 4.84. The molecule has 0 saturated heterocycles. The van der Waals surface area contributed by atoms with Gasteiger partial charge >= 0.3 is 0 Å². The van der Waals surface area contributed by atoms with Crippen LogP contribution in [0.3, 0.4) is 0 Å². The molecule has 0 aliphatic carbocycles. The Morgan fingerprint density at radius 1 is 0.919 bits per heavy atom. The number of halogens is 2. The number of aryl methyl sites for hydroxylation is 2. The first-order valence-electron chi connectivity index (χ1n) is 11.6. The predicted molar refractivity (Wildman–Crippen MR) is 137 cm³/mol. The van der Waals surface area contributed by atoms with E-state index in [0.717, 1.165) is 48.1 Å². The quantitative estimate of drug-likeness (QED) is 0.301. The molecule has 1 N–H and O–H groups in total. The van der Waals surface area contributed by atoms with Gasteiger partial charge in [-0.15, -0.1) is 0 Å². The van der Waals surface area contributed by atoms with Gasteiger partial charge in [0.15, 0.2) is 11.6 Å².